The lowest BCUT2D eigenvalue weighted by Gasteiger charge is -2.14. The van der Waals surface area contributed by atoms with E-state index in [1.54, 1.807) is 0 Å². The minimum absolute atomic E-state index is 0.290. The Morgan fingerprint density at radius 1 is 0.833 bits per heavy atom. The molecule has 0 heterocycles. The molecule has 3 aromatic rings. The fourth-order valence-corrected chi connectivity index (χ4v) is 2.97. The van der Waals surface area contributed by atoms with Gasteiger partial charge in [0.1, 0.15) is 5.75 Å². The fraction of sp³-hybridized carbons (Fsp3) is 0.238. The van der Waals surface area contributed by atoms with E-state index < -0.39 is 6.61 Å². The zero-order valence-electron chi connectivity index (χ0n) is 13.9. The Morgan fingerprint density at radius 2 is 1.54 bits per heavy atom. The molecular weight excluding hydrogens is 306 g/mol. The summed E-state index contributed by atoms with van der Waals surface area (Å²) in [7, 11) is 0. The minimum atomic E-state index is -2.82. The van der Waals surface area contributed by atoms with Gasteiger partial charge in [0, 0.05) is 5.39 Å². The quantitative estimate of drug-likeness (QED) is 0.540. The van der Waals surface area contributed by atoms with Gasteiger partial charge in [0.15, 0.2) is 0 Å². The maximum atomic E-state index is 12.8. The number of fused-ring (bicyclic) bond motifs is 1. The number of aryl methyl sites for hydroxylation is 2. The summed E-state index contributed by atoms with van der Waals surface area (Å²) in [5.74, 6) is 0.290. The highest BCUT2D eigenvalue weighted by atomic mass is 19.3. The van der Waals surface area contributed by atoms with Crippen molar-refractivity contribution in [3.63, 3.8) is 0 Å². The van der Waals surface area contributed by atoms with E-state index in [4.69, 9.17) is 4.74 Å². The maximum Gasteiger partial charge on any atom is 0.387 e. The summed E-state index contributed by atoms with van der Waals surface area (Å²) in [6.07, 6.45) is 1.66. The lowest BCUT2D eigenvalue weighted by molar-refractivity contribution is -0.0493. The van der Waals surface area contributed by atoms with Gasteiger partial charge < -0.3 is 4.74 Å². The van der Waals surface area contributed by atoms with Crippen molar-refractivity contribution < 1.29 is 13.5 Å². The third kappa shape index (κ3) is 3.25. The average Bonchev–Trinajstić information content (AvgIpc) is 2.61. The van der Waals surface area contributed by atoms with E-state index in [0.717, 1.165) is 33.9 Å². The van der Waals surface area contributed by atoms with Crippen molar-refractivity contribution >= 4 is 10.8 Å². The zero-order chi connectivity index (χ0) is 17.1. The Labute approximate surface area is 140 Å². The van der Waals surface area contributed by atoms with E-state index in [-0.39, 0.29) is 5.75 Å². The number of alkyl halides is 2. The first kappa shape index (κ1) is 16.4. The lowest BCUT2D eigenvalue weighted by atomic mass is 9.97. The molecule has 0 aliphatic carbocycles. The van der Waals surface area contributed by atoms with Gasteiger partial charge >= 0.3 is 6.61 Å². The molecule has 0 unspecified atom stereocenters. The second-order valence-corrected chi connectivity index (χ2v) is 5.77. The monoisotopic (exact) mass is 326 g/mol. The topological polar surface area (TPSA) is 9.23 Å². The Bertz CT molecular complexity index is 838. The van der Waals surface area contributed by atoms with E-state index in [0.29, 0.717) is 6.42 Å². The molecular formula is C21H20F2O. The van der Waals surface area contributed by atoms with Gasteiger partial charge in [-0.2, -0.15) is 8.78 Å². The molecule has 0 N–H and O–H groups in total. The van der Waals surface area contributed by atoms with Crippen molar-refractivity contribution in [1.82, 2.24) is 0 Å². The summed E-state index contributed by atoms with van der Waals surface area (Å²) < 4.78 is 30.3. The highest BCUT2D eigenvalue weighted by molar-refractivity contribution is 5.93. The molecule has 0 spiro atoms. The van der Waals surface area contributed by atoms with E-state index >= 15 is 0 Å². The molecule has 3 aromatic carbocycles. The summed E-state index contributed by atoms with van der Waals surface area (Å²) in [5.41, 5.74) is 4.27. The van der Waals surface area contributed by atoms with Crippen molar-refractivity contribution in [3.05, 3.63) is 65.7 Å². The predicted molar refractivity (Wildman–Crippen MR) is 94.8 cm³/mol. The van der Waals surface area contributed by atoms with Gasteiger partial charge in [-0.1, -0.05) is 62.4 Å². The van der Waals surface area contributed by atoms with Gasteiger partial charge in [0.05, 0.1) is 0 Å². The van der Waals surface area contributed by atoms with E-state index in [1.807, 2.05) is 37.3 Å². The number of hydrogen-bond donors (Lipinski definition) is 0. The molecule has 0 radical (unpaired) electrons. The maximum absolute atomic E-state index is 12.8. The van der Waals surface area contributed by atoms with Crippen LogP contribution in [0.4, 0.5) is 8.78 Å². The van der Waals surface area contributed by atoms with Gasteiger partial charge in [-0.15, -0.1) is 0 Å². The third-order valence-corrected chi connectivity index (χ3v) is 4.34. The fourth-order valence-electron chi connectivity index (χ4n) is 2.97. The first-order chi connectivity index (χ1) is 11.6. The van der Waals surface area contributed by atoms with Gasteiger partial charge in [-0.25, -0.2) is 0 Å². The van der Waals surface area contributed by atoms with Crippen LogP contribution in [0.2, 0.25) is 0 Å². The minimum Gasteiger partial charge on any atom is -0.434 e. The smallest absolute Gasteiger partial charge is 0.387 e. The number of hydrogen-bond acceptors (Lipinski definition) is 1. The molecule has 0 aliphatic heterocycles. The highest BCUT2D eigenvalue weighted by Gasteiger charge is 2.13. The van der Waals surface area contributed by atoms with Crippen LogP contribution >= 0.6 is 0 Å². The van der Waals surface area contributed by atoms with E-state index in [9.17, 15) is 8.78 Å². The average molecular weight is 326 g/mol. The molecule has 0 bridgehead atoms. The molecule has 0 amide bonds. The molecule has 0 fully saturated rings. The van der Waals surface area contributed by atoms with E-state index in [2.05, 4.69) is 31.2 Å². The molecule has 24 heavy (non-hydrogen) atoms. The summed E-state index contributed by atoms with van der Waals surface area (Å²) in [5, 5.41) is 1.63. The van der Waals surface area contributed by atoms with E-state index in [1.165, 1.54) is 5.56 Å². The van der Waals surface area contributed by atoms with Crippen LogP contribution in [0.3, 0.4) is 0 Å². The summed E-state index contributed by atoms with van der Waals surface area (Å²) in [4.78, 5) is 0. The van der Waals surface area contributed by atoms with Gasteiger partial charge in [-0.3, -0.25) is 0 Å². The SMILES string of the molecule is CCc1ccc(-c2ccc3c(OC(F)F)c(CC)ccc3c2)cc1. The van der Waals surface area contributed by atoms with Crippen molar-refractivity contribution in [2.24, 2.45) is 0 Å². The van der Waals surface area contributed by atoms with Gasteiger partial charge in [0.2, 0.25) is 0 Å². The van der Waals surface area contributed by atoms with Crippen LogP contribution in [0.25, 0.3) is 21.9 Å². The van der Waals surface area contributed by atoms with Crippen LogP contribution < -0.4 is 4.74 Å². The molecule has 124 valence electrons. The number of ether oxygens (including phenoxy) is 1. The number of rotatable bonds is 5. The van der Waals surface area contributed by atoms with Crippen LogP contribution in [-0.2, 0) is 12.8 Å². The summed E-state index contributed by atoms with van der Waals surface area (Å²) >= 11 is 0. The molecule has 3 rings (SSSR count). The summed E-state index contributed by atoms with van der Waals surface area (Å²) in [6.45, 7) is 1.24. The Morgan fingerprint density at radius 3 is 2.17 bits per heavy atom. The van der Waals surface area contributed by atoms with Crippen LogP contribution in [0.15, 0.2) is 54.6 Å². The molecule has 3 heteroatoms. The Balaban J connectivity index is 2.08. The normalized spacial score (nSPS) is 11.2. The van der Waals surface area contributed by atoms with Crippen molar-refractivity contribution in [3.8, 4) is 16.9 Å². The first-order valence-corrected chi connectivity index (χ1v) is 8.22. The predicted octanol–water partition coefficient (Wildman–Crippen LogP) is 6.23. The Hall–Kier alpha value is -2.42. The van der Waals surface area contributed by atoms with Crippen molar-refractivity contribution in [1.29, 1.82) is 0 Å². The van der Waals surface area contributed by atoms with Crippen LogP contribution in [0.1, 0.15) is 25.0 Å². The second kappa shape index (κ2) is 7.00. The lowest BCUT2D eigenvalue weighted by Crippen LogP contribution is -2.04. The molecule has 0 saturated heterocycles. The highest BCUT2D eigenvalue weighted by Crippen LogP contribution is 2.34. The van der Waals surface area contributed by atoms with Crippen LogP contribution in [0, 0.1) is 0 Å². The molecule has 0 saturated carbocycles. The Kier molecular flexibility index (Phi) is 4.79. The van der Waals surface area contributed by atoms with Crippen molar-refractivity contribution in [2.45, 2.75) is 33.3 Å². The molecule has 0 atom stereocenters. The van der Waals surface area contributed by atoms with Crippen LogP contribution in [-0.4, -0.2) is 6.61 Å². The number of halogens is 2. The molecule has 0 aliphatic rings. The first-order valence-electron chi connectivity index (χ1n) is 8.22. The second-order valence-electron chi connectivity index (χ2n) is 5.77. The molecule has 1 nitrogen and oxygen atoms in total. The zero-order valence-corrected chi connectivity index (χ0v) is 13.9. The molecule has 0 aromatic heterocycles. The summed E-state index contributed by atoms with van der Waals surface area (Å²) in [6, 6.07) is 18.1. The van der Waals surface area contributed by atoms with Crippen molar-refractivity contribution in [2.75, 3.05) is 0 Å². The van der Waals surface area contributed by atoms with Gasteiger partial charge in [0.25, 0.3) is 0 Å². The number of benzene rings is 3. The van der Waals surface area contributed by atoms with Crippen LogP contribution in [0.5, 0.6) is 5.75 Å². The third-order valence-electron chi connectivity index (χ3n) is 4.34. The largest absolute Gasteiger partial charge is 0.434 e. The van der Waals surface area contributed by atoms with Gasteiger partial charge in [-0.05, 0) is 46.5 Å². The standard InChI is InChI=1S/C21H20F2O/c1-3-14-5-7-16(8-6-14)17-11-12-19-18(13-17)10-9-15(4-2)20(19)24-21(22)23/h5-13,21H,3-4H2,1-2H3.